The Bertz CT molecular complexity index is 533. The molecule has 7 nitrogen and oxygen atoms in total. The van der Waals surface area contributed by atoms with Gasteiger partial charge in [-0.05, 0) is 25.3 Å². The molecule has 2 aromatic rings. The second-order valence-electron chi connectivity index (χ2n) is 4.17. The minimum Gasteiger partial charge on any atom is -0.464 e. The highest BCUT2D eigenvalue weighted by Gasteiger charge is 2.10. The van der Waals surface area contributed by atoms with Crippen molar-refractivity contribution in [3.63, 3.8) is 0 Å². The molecule has 0 spiro atoms. The Hall–Kier alpha value is -1.93. The number of nitrogens with two attached hydrogens (primary N) is 1. The zero-order chi connectivity index (χ0) is 14.4. The third-order valence-corrected chi connectivity index (χ3v) is 3.38. The van der Waals surface area contributed by atoms with Crippen molar-refractivity contribution in [3.05, 3.63) is 22.4 Å². The SMILES string of the molecule is CCOc1nc(NN)nc(NC(C)Cc2cccs2)n1. The smallest absolute Gasteiger partial charge is 0.323 e. The summed E-state index contributed by atoms with van der Waals surface area (Å²) in [6.07, 6.45) is 0.901. The Labute approximate surface area is 121 Å². The van der Waals surface area contributed by atoms with Crippen LogP contribution in [0.3, 0.4) is 0 Å². The second kappa shape index (κ2) is 7.01. The maximum Gasteiger partial charge on any atom is 0.323 e. The molecule has 2 aromatic heterocycles. The maximum absolute atomic E-state index is 5.34. The molecule has 0 radical (unpaired) electrons. The molecule has 0 saturated heterocycles. The average molecular weight is 294 g/mol. The highest BCUT2D eigenvalue weighted by atomic mass is 32.1. The van der Waals surface area contributed by atoms with Gasteiger partial charge in [0.1, 0.15) is 0 Å². The van der Waals surface area contributed by atoms with Gasteiger partial charge in [0.15, 0.2) is 0 Å². The van der Waals surface area contributed by atoms with Crippen molar-refractivity contribution in [1.82, 2.24) is 15.0 Å². The molecule has 1 unspecified atom stereocenters. The minimum absolute atomic E-state index is 0.191. The molecule has 4 N–H and O–H groups in total. The van der Waals surface area contributed by atoms with Crippen LogP contribution in [0.25, 0.3) is 0 Å². The van der Waals surface area contributed by atoms with E-state index in [0.717, 1.165) is 6.42 Å². The van der Waals surface area contributed by atoms with Gasteiger partial charge in [0, 0.05) is 17.3 Å². The normalized spacial score (nSPS) is 11.9. The highest BCUT2D eigenvalue weighted by molar-refractivity contribution is 7.09. The first-order chi connectivity index (χ1) is 9.71. The molecular formula is C12H18N6OS. The van der Waals surface area contributed by atoms with E-state index in [-0.39, 0.29) is 18.0 Å². The number of nitrogens with one attached hydrogen (secondary N) is 2. The van der Waals surface area contributed by atoms with Gasteiger partial charge in [-0.15, -0.1) is 11.3 Å². The van der Waals surface area contributed by atoms with Gasteiger partial charge in [-0.1, -0.05) is 6.07 Å². The summed E-state index contributed by atoms with van der Waals surface area (Å²) < 4.78 is 5.28. The predicted octanol–water partition coefficient (Wildman–Crippen LogP) is 1.66. The summed E-state index contributed by atoms with van der Waals surface area (Å²) >= 11 is 1.73. The molecule has 0 aromatic carbocycles. The number of anilines is 2. The van der Waals surface area contributed by atoms with Gasteiger partial charge in [-0.3, -0.25) is 5.43 Å². The van der Waals surface area contributed by atoms with Crippen LogP contribution < -0.4 is 21.3 Å². The third kappa shape index (κ3) is 4.04. The molecule has 0 amide bonds. The van der Waals surface area contributed by atoms with Crippen molar-refractivity contribution >= 4 is 23.2 Å². The van der Waals surface area contributed by atoms with E-state index >= 15 is 0 Å². The summed E-state index contributed by atoms with van der Waals surface area (Å²) in [7, 11) is 0. The molecule has 0 bridgehead atoms. The summed E-state index contributed by atoms with van der Waals surface area (Å²) in [5.41, 5.74) is 2.40. The average Bonchev–Trinajstić information content (AvgIpc) is 2.91. The lowest BCUT2D eigenvalue weighted by Crippen LogP contribution is -2.21. The van der Waals surface area contributed by atoms with E-state index in [0.29, 0.717) is 12.6 Å². The first-order valence-corrected chi connectivity index (χ1v) is 7.23. The summed E-state index contributed by atoms with van der Waals surface area (Å²) in [6, 6.07) is 4.59. The van der Waals surface area contributed by atoms with E-state index in [1.807, 2.05) is 13.0 Å². The largest absolute Gasteiger partial charge is 0.464 e. The van der Waals surface area contributed by atoms with Crippen LogP contribution in [-0.2, 0) is 6.42 Å². The Morgan fingerprint density at radius 3 is 2.80 bits per heavy atom. The fourth-order valence-corrected chi connectivity index (χ4v) is 2.52. The number of hydrazine groups is 1. The van der Waals surface area contributed by atoms with Gasteiger partial charge in [-0.2, -0.15) is 15.0 Å². The molecule has 1 atom stereocenters. The summed E-state index contributed by atoms with van der Waals surface area (Å²) in [6.45, 7) is 4.42. The summed E-state index contributed by atoms with van der Waals surface area (Å²) in [4.78, 5) is 13.7. The van der Waals surface area contributed by atoms with Crippen molar-refractivity contribution < 1.29 is 4.74 Å². The fourth-order valence-electron chi connectivity index (χ4n) is 1.68. The number of nitrogen functional groups attached to an aromatic ring is 1. The first kappa shape index (κ1) is 14.5. The lowest BCUT2D eigenvalue weighted by atomic mass is 10.2. The van der Waals surface area contributed by atoms with Gasteiger partial charge in [0.25, 0.3) is 0 Å². The Morgan fingerprint density at radius 1 is 1.35 bits per heavy atom. The summed E-state index contributed by atoms with van der Waals surface area (Å²) in [5, 5.41) is 5.29. The lowest BCUT2D eigenvalue weighted by molar-refractivity contribution is 0.312. The number of rotatable bonds is 7. The predicted molar refractivity (Wildman–Crippen MR) is 79.9 cm³/mol. The number of thiophene rings is 1. The Balaban J connectivity index is 2.05. The topological polar surface area (TPSA) is 98.0 Å². The number of ether oxygens (including phenoxy) is 1. The molecule has 8 heteroatoms. The van der Waals surface area contributed by atoms with Crippen LogP contribution >= 0.6 is 11.3 Å². The minimum atomic E-state index is 0.191. The van der Waals surface area contributed by atoms with Crippen LogP contribution in [0.2, 0.25) is 0 Å². The molecule has 2 rings (SSSR count). The Kier molecular flexibility index (Phi) is 5.08. The van der Waals surface area contributed by atoms with Crippen LogP contribution in [0.15, 0.2) is 17.5 Å². The van der Waals surface area contributed by atoms with Gasteiger partial charge >= 0.3 is 6.01 Å². The molecule has 0 fully saturated rings. The van der Waals surface area contributed by atoms with Gasteiger partial charge in [-0.25, -0.2) is 5.84 Å². The number of aromatic nitrogens is 3. The number of nitrogens with zero attached hydrogens (tertiary/aromatic N) is 3. The van der Waals surface area contributed by atoms with Crippen molar-refractivity contribution in [1.29, 1.82) is 0 Å². The molecule has 20 heavy (non-hydrogen) atoms. The molecule has 0 aliphatic heterocycles. The van der Waals surface area contributed by atoms with Gasteiger partial charge in [0.2, 0.25) is 11.9 Å². The highest BCUT2D eigenvalue weighted by Crippen LogP contribution is 2.15. The van der Waals surface area contributed by atoms with Crippen LogP contribution in [0, 0.1) is 0 Å². The quantitative estimate of drug-likeness (QED) is 0.527. The zero-order valence-electron chi connectivity index (χ0n) is 11.5. The van der Waals surface area contributed by atoms with Crippen molar-refractivity contribution in [3.8, 4) is 6.01 Å². The van der Waals surface area contributed by atoms with Crippen LogP contribution in [0.4, 0.5) is 11.9 Å². The van der Waals surface area contributed by atoms with Crippen LogP contribution in [-0.4, -0.2) is 27.6 Å². The third-order valence-electron chi connectivity index (χ3n) is 2.48. The molecule has 0 aliphatic carbocycles. The van der Waals surface area contributed by atoms with Crippen molar-refractivity contribution in [2.45, 2.75) is 26.3 Å². The number of hydrogen-bond acceptors (Lipinski definition) is 8. The first-order valence-electron chi connectivity index (χ1n) is 6.35. The molecule has 0 aliphatic rings. The monoisotopic (exact) mass is 294 g/mol. The van der Waals surface area contributed by atoms with Crippen LogP contribution in [0.5, 0.6) is 6.01 Å². The van der Waals surface area contributed by atoms with Crippen molar-refractivity contribution in [2.75, 3.05) is 17.3 Å². The van der Waals surface area contributed by atoms with E-state index in [9.17, 15) is 0 Å². The molecule has 2 heterocycles. The van der Waals surface area contributed by atoms with E-state index in [2.05, 4.69) is 44.1 Å². The van der Waals surface area contributed by atoms with E-state index in [1.165, 1.54) is 4.88 Å². The zero-order valence-corrected chi connectivity index (χ0v) is 12.3. The molecule has 108 valence electrons. The Morgan fingerprint density at radius 2 is 2.15 bits per heavy atom. The molecule has 0 saturated carbocycles. The van der Waals surface area contributed by atoms with Crippen LogP contribution in [0.1, 0.15) is 18.7 Å². The number of hydrogen-bond donors (Lipinski definition) is 3. The molecular weight excluding hydrogens is 276 g/mol. The van der Waals surface area contributed by atoms with E-state index in [4.69, 9.17) is 10.6 Å². The van der Waals surface area contributed by atoms with Gasteiger partial charge in [0.05, 0.1) is 6.61 Å². The van der Waals surface area contributed by atoms with Gasteiger partial charge < -0.3 is 10.1 Å². The van der Waals surface area contributed by atoms with Crippen molar-refractivity contribution in [2.24, 2.45) is 5.84 Å². The van der Waals surface area contributed by atoms with E-state index < -0.39 is 0 Å². The lowest BCUT2D eigenvalue weighted by Gasteiger charge is -2.14. The maximum atomic E-state index is 5.34. The second-order valence-corrected chi connectivity index (χ2v) is 5.20. The standard InChI is InChI=1S/C12H18N6OS/c1-3-19-12-16-10(15-11(17-12)18-13)14-8(2)7-9-5-4-6-20-9/h4-6,8H,3,7,13H2,1-2H3,(H2,14,15,16,17,18). The fraction of sp³-hybridized carbons (Fsp3) is 0.417. The summed E-state index contributed by atoms with van der Waals surface area (Å²) in [5.74, 6) is 6.06. The van der Waals surface area contributed by atoms with E-state index in [1.54, 1.807) is 11.3 Å².